The molecule has 1 aliphatic heterocycles. The Kier molecular flexibility index (Phi) is 4.98. The lowest BCUT2D eigenvalue weighted by atomic mass is 9.90. The van der Waals surface area contributed by atoms with E-state index in [1.165, 1.54) is 13.8 Å². The highest BCUT2D eigenvalue weighted by Gasteiger charge is 2.36. The second-order valence-corrected chi connectivity index (χ2v) is 6.57. The summed E-state index contributed by atoms with van der Waals surface area (Å²) in [6, 6.07) is 8.02. The van der Waals surface area contributed by atoms with Gasteiger partial charge in [0.25, 0.3) is 0 Å². The quantitative estimate of drug-likeness (QED) is 0.787. The number of ether oxygens (including phenoxy) is 2. The van der Waals surface area contributed by atoms with Crippen molar-refractivity contribution in [2.75, 3.05) is 12.1 Å². The fourth-order valence-electron chi connectivity index (χ4n) is 2.43. The van der Waals surface area contributed by atoms with Crippen LogP contribution in [0.2, 0.25) is 0 Å². The Balaban J connectivity index is 1.62. The maximum absolute atomic E-state index is 13.7. The molecule has 1 heterocycles. The zero-order valence-electron chi connectivity index (χ0n) is 14.8. The smallest absolute Gasteiger partial charge is 0.239 e. The highest BCUT2D eigenvalue weighted by atomic mass is 19.1. The first-order valence-electron chi connectivity index (χ1n) is 8.20. The van der Waals surface area contributed by atoms with Crippen molar-refractivity contribution in [3.8, 4) is 11.5 Å². The Morgan fingerprint density at radius 1 is 1.04 bits per heavy atom. The lowest BCUT2D eigenvalue weighted by Crippen LogP contribution is -2.45. The standard InChI is InChI=1S/C19H18F2N2O4/c1-19(2,18(25)23-14-5-4-12(20)8-13(14)21)17(24)22-9-11-3-6-15-16(7-11)27-10-26-15/h3-8H,9-10H2,1-2H3,(H,22,24)(H,23,25). The Hall–Kier alpha value is -3.16. The summed E-state index contributed by atoms with van der Waals surface area (Å²) in [5.41, 5.74) is -0.900. The van der Waals surface area contributed by atoms with Gasteiger partial charge in [0.15, 0.2) is 11.5 Å². The molecule has 0 radical (unpaired) electrons. The Labute approximate surface area is 154 Å². The topological polar surface area (TPSA) is 76.7 Å². The van der Waals surface area contributed by atoms with Crippen LogP contribution < -0.4 is 20.1 Å². The molecule has 0 aliphatic carbocycles. The van der Waals surface area contributed by atoms with E-state index in [2.05, 4.69) is 10.6 Å². The van der Waals surface area contributed by atoms with Gasteiger partial charge in [-0.05, 0) is 43.7 Å². The van der Waals surface area contributed by atoms with Crippen molar-refractivity contribution in [1.29, 1.82) is 0 Å². The van der Waals surface area contributed by atoms with Gasteiger partial charge in [0.05, 0.1) is 5.69 Å². The average Bonchev–Trinajstić information content (AvgIpc) is 3.09. The summed E-state index contributed by atoms with van der Waals surface area (Å²) in [5.74, 6) is -1.71. The molecule has 3 rings (SSSR count). The van der Waals surface area contributed by atoms with Gasteiger partial charge < -0.3 is 20.1 Å². The van der Waals surface area contributed by atoms with E-state index in [1.54, 1.807) is 18.2 Å². The van der Waals surface area contributed by atoms with Crippen molar-refractivity contribution in [2.24, 2.45) is 5.41 Å². The van der Waals surface area contributed by atoms with E-state index >= 15 is 0 Å². The molecule has 6 nitrogen and oxygen atoms in total. The van der Waals surface area contributed by atoms with Gasteiger partial charge in [-0.3, -0.25) is 9.59 Å². The first kappa shape index (κ1) is 18.6. The number of carbonyl (C=O) groups excluding carboxylic acids is 2. The highest BCUT2D eigenvalue weighted by Crippen LogP contribution is 2.32. The predicted molar refractivity (Wildman–Crippen MR) is 93.2 cm³/mol. The van der Waals surface area contributed by atoms with Crippen LogP contribution >= 0.6 is 0 Å². The number of anilines is 1. The monoisotopic (exact) mass is 376 g/mol. The van der Waals surface area contributed by atoms with Crippen LogP contribution in [-0.4, -0.2) is 18.6 Å². The van der Waals surface area contributed by atoms with Crippen LogP contribution in [0.15, 0.2) is 36.4 Å². The van der Waals surface area contributed by atoms with Crippen molar-refractivity contribution < 1.29 is 27.8 Å². The molecule has 0 atom stereocenters. The van der Waals surface area contributed by atoms with Gasteiger partial charge in [-0.1, -0.05) is 6.07 Å². The molecule has 2 aromatic carbocycles. The molecule has 1 aliphatic rings. The molecule has 142 valence electrons. The molecule has 0 saturated heterocycles. The molecule has 0 fully saturated rings. The Morgan fingerprint density at radius 2 is 1.78 bits per heavy atom. The number of amides is 2. The number of halogens is 2. The Morgan fingerprint density at radius 3 is 2.52 bits per heavy atom. The second kappa shape index (κ2) is 7.22. The van der Waals surface area contributed by atoms with Crippen LogP contribution in [0.3, 0.4) is 0 Å². The van der Waals surface area contributed by atoms with Gasteiger partial charge in [0.2, 0.25) is 18.6 Å². The van der Waals surface area contributed by atoms with Crippen LogP contribution in [0.4, 0.5) is 14.5 Å². The molecule has 0 spiro atoms. The van der Waals surface area contributed by atoms with Crippen molar-refractivity contribution >= 4 is 17.5 Å². The summed E-state index contributed by atoms with van der Waals surface area (Å²) < 4.78 is 37.2. The van der Waals surface area contributed by atoms with E-state index < -0.39 is 28.9 Å². The normalized spacial score (nSPS) is 12.6. The molecule has 0 bridgehead atoms. The summed E-state index contributed by atoms with van der Waals surface area (Å²) in [7, 11) is 0. The number of hydrogen-bond acceptors (Lipinski definition) is 4. The third kappa shape index (κ3) is 3.99. The fourth-order valence-corrected chi connectivity index (χ4v) is 2.43. The lowest BCUT2D eigenvalue weighted by Gasteiger charge is -2.23. The first-order valence-corrected chi connectivity index (χ1v) is 8.20. The zero-order valence-corrected chi connectivity index (χ0v) is 14.8. The van der Waals surface area contributed by atoms with Crippen LogP contribution in [0.5, 0.6) is 11.5 Å². The average molecular weight is 376 g/mol. The summed E-state index contributed by atoms with van der Waals surface area (Å²) >= 11 is 0. The number of benzene rings is 2. The molecule has 2 amide bonds. The molecular formula is C19H18F2N2O4. The SMILES string of the molecule is CC(C)(C(=O)NCc1ccc2c(c1)OCO2)C(=O)Nc1ccc(F)cc1F. The highest BCUT2D eigenvalue weighted by molar-refractivity contribution is 6.09. The van der Waals surface area contributed by atoms with Gasteiger partial charge in [0.1, 0.15) is 17.0 Å². The summed E-state index contributed by atoms with van der Waals surface area (Å²) in [4.78, 5) is 24.9. The van der Waals surface area contributed by atoms with E-state index in [0.29, 0.717) is 17.6 Å². The molecule has 2 N–H and O–H groups in total. The van der Waals surface area contributed by atoms with E-state index in [0.717, 1.165) is 17.7 Å². The van der Waals surface area contributed by atoms with Crippen LogP contribution in [0.1, 0.15) is 19.4 Å². The van der Waals surface area contributed by atoms with Gasteiger partial charge in [-0.2, -0.15) is 0 Å². The number of rotatable bonds is 5. The number of hydrogen-bond donors (Lipinski definition) is 2. The van der Waals surface area contributed by atoms with Gasteiger partial charge in [-0.25, -0.2) is 8.78 Å². The fraction of sp³-hybridized carbons (Fsp3) is 0.263. The number of carbonyl (C=O) groups is 2. The summed E-state index contributed by atoms with van der Waals surface area (Å²) in [6.45, 7) is 3.16. The lowest BCUT2D eigenvalue weighted by molar-refractivity contribution is -0.138. The molecule has 0 unspecified atom stereocenters. The predicted octanol–water partition coefficient (Wildman–Crippen LogP) is 2.97. The van der Waals surface area contributed by atoms with Crippen LogP contribution in [0, 0.1) is 17.0 Å². The summed E-state index contributed by atoms with van der Waals surface area (Å²) in [5, 5.41) is 4.98. The largest absolute Gasteiger partial charge is 0.454 e. The minimum atomic E-state index is -1.48. The third-order valence-electron chi connectivity index (χ3n) is 4.20. The van der Waals surface area contributed by atoms with E-state index in [-0.39, 0.29) is 19.0 Å². The third-order valence-corrected chi connectivity index (χ3v) is 4.20. The van der Waals surface area contributed by atoms with E-state index in [4.69, 9.17) is 9.47 Å². The molecule has 2 aromatic rings. The van der Waals surface area contributed by atoms with Crippen molar-refractivity contribution in [3.05, 3.63) is 53.6 Å². The molecule has 0 aromatic heterocycles. The minimum Gasteiger partial charge on any atom is -0.454 e. The molecular weight excluding hydrogens is 358 g/mol. The van der Waals surface area contributed by atoms with Crippen molar-refractivity contribution in [2.45, 2.75) is 20.4 Å². The molecule has 8 heteroatoms. The van der Waals surface area contributed by atoms with Crippen molar-refractivity contribution in [1.82, 2.24) is 5.32 Å². The number of nitrogens with one attached hydrogen (secondary N) is 2. The maximum atomic E-state index is 13.7. The van der Waals surface area contributed by atoms with Gasteiger partial charge >= 0.3 is 0 Å². The summed E-state index contributed by atoms with van der Waals surface area (Å²) in [6.07, 6.45) is 0. The van der Waals surface area contributed by atoms with E-state index in [9.17, 15) is 18.4 Å². The van der Waals surface area contributed by atoms with Gasteiger partial charge in [-0.15, -0.1) is 0 Å². The number of fused-ring (bicyclic) bond motifs is 1. The van der Waals surface area contributed by atoms with Crippen molar-refractivity contribution in [3.63, 3.8) is 0 Å². The molecule has 27 heavy (non-hydrogen) atoms. The second-order valence-electron chi connectivity index (χ2n) is 6.57. The molecule has 0 saturated carbocycles. The van der Waals surface area contributed by atoms with Crippen LogP contribution in [-0.2, 0) is 16.1 Å². The minimum absolute atomic E-state index is 0.151. The van der Waals surface area contributed by atoms with E-state index in [1.807, 2.05) is 0 Å². The van der Waals surface area contributed by atoms with Crippen LogP contribution in [0.25, 0.3) is 0 Å². The maximum Gasteiger partial charge on any atom is 0.239 e. The zero-order chi connectivity index (χ0) is 19.6. The Bertz CT molecular complexity index is 899. The first-order chi connectivity index (χ1) is 12.8. The van der Waals surface area contributed by atoms with Gasteiger partial charge in [0, 0.05) is 12.6 Å².